The molecule has 0 spiro atoms. The van der Waals surface area contributed by atoms with Crippen LogP contribution < -0.4 is 5.32 Å². The van der Waals surface area contributed by atoms with Crippen LogP contribution in [-0.4, -0.2) is 11.0 Å². The maximum atomic E-state index is 6.24. The van der Waals surface area contributed by atoms with Crippen molar-refractivity contribution in [3.05, 3.63) is 41.2 Å². The van der Waals surface area contributed by atoms with Gasteiger partial charge in [-0.3, -0.25) is 0 Å². The highest BCUT2D eigenvalue weighted by molar-refractivity contribution is 7.99. The number of halogens is 1. The summed E-state index contributed by atoms with van der Waals surface area (Å²) >= 11 is 7.67. The van der Waals surface area contributed by atoms with E-state index in [2.05, 4.69) is 30.2 Å². The summed E-state index contributed by atoms with van der Waals surface area (Å²) in [7, 11) is 0. The molecule has 1 heterocycles. The molecule has 0 aliphatic carbocycles. The Morgan fingerprint density at radius 3 is 2.89 bits per heavy atom. The monoisotopic (exact) mass is 282 g/mol. The lowest BCUT2D eigenvalue weighted by Crippen LogP contribution is -2.21. The number of nitrogens with one attached hydrogen (secondary N) is 1. The fourth-order valence-electron chi connectivity index (χ4n) is 1.41. The lowest BCUT2D eigenvalue weighted by Gasteiger charge is -2.09. The van der Waals surface area contributed by atoms with Crippen molar-refractivity contribution >= 4 is 23.4 Å². The minimum absolute atomic E-state index is 0.463. The molecule has 1 aromatic heterocycles. The molecule has 0 amide bonds. The Balaban J connectivity index is 2.05. The molecular weight excluding hydrogens is 268 g/mol. The molecule has 3 nitrogen and oxygen atoms in total. The van der Waals surface area contributed by atoms with Gasteiger partial charge in [0.2, 0.25) is 0 Å². The van der Waals surface area contributed by atoms with Gasteiger partial charge < -0.3 is 9.73 Å². The molecule has 18 heavy (non-hydrogen) atoms. The van der Waals surface area contributed by atoms with Gasteiger partial charge in [-0.25, -0.2) is 4.98 Å². The fraction of sp³-hybridized carbons (Fsp3) is 0.308. The first-order valence-electron chi connectivity index (χ1n) is 5.74. The van der Waals surface area contributed by atoms with E-state index in [9.17, 15) is 0 Å². The maximum absolute atomic E-state index is 6.24. The van der Waals surface area contributed by atoms with E-state index in [0.717, 1.165) is 16.5 Å². The third-order valence-electron chi connectivity index (χ3n) is 2.32. The Hall–Kier alpha value is -0.970. The van der Waals surface area contributed by atoms with Crippen LogP contribution in [0.4, 0.5) is 0 Å². The van der Waals surface area contributed by atoms with Crippen molar-refractivity contribution in [2.45, 2.75) is 36.6 Å². The zero-order valence-electron chi connectivity index (χ0n) is 10.3. The molecule has 0 radical (unpaired) electrons. The second-order valence-electron chi connectivity index (χ2n) is 4.20. The highest BCUT2D eigenvalue weighted by atomic mass is 35.5. The van der Waals surface area contributed by atoms with Crippen LogP contribution in [0.3, 0.4) is 0 Å². The van der Waals surface area contributed by atoms with E-state index in [1.165, 1.54) is 17.3 Å². The van der Waals surface area contributed by atoms with Crippen LogP contribution in [0.25, 0.3) is 0 Å². The minimum Gasteiger partial charge on any atom is -0.440 e. The highest BCUT2D eigenvalue weighted by Gasteiger charge is 2.07. The molecule has 0 saturated carbocycles. The van der Waals surface area contributed by atoms with E-state index in [0.29, 0.717) is 11.3 Å². The molecule has 0 fully saturated rings. The Labute approximate surface area is 116 Å². The third kappa shape index (κ3) is 3.77. The molecule has 0 atom stereocenters. The lowest BCUT2D eigenvalue weighted by atomic mass is 10.2. The Bertz CT molecular complexity index is 500. The number of benzene rings is 1. The van der Waals surface area contributed by atoms with E-state index < -0.39 is 0 Å². The summed E-state index contributed by atoms with van der Waals surface area (Å²) in [5.74, 6) is 0. The van der Waals surface area contributed by atoms with Gasteiger partial charge in [-0.15, -0.1) is 0 Å². The van der Waals surface area contributed by atoms with Crippen LogP contribution in [0.1, 0.15) is 19.4 Å². The predicted octanol–water partition coefficient (Wildman–Crippen LogP) is 3.98. The second-order valence-corrected chi connectivity index (χ2v) is 5.60. The topological polar surface area (TPSA) is 38.1 Å². The first-order chi connectivity index (χ1) is 8.65. The van der Waals surface area contributed by atoms with E-state index in [4.69, 9.17) is 16.0 Å². The average molecular weight is 283 g/mol. The van der Waals surface area contributed by atoms with Crippen molar-refractivity contribution in [2.24, 2.45) is 0 Å². The largest absolute Gasteiger partial charge is 0.440 e. The Morgan fingerprint density at radius 2 is 2.28 bits per heavy atom. The summed E-state index contributed by atoms with van der Waals surface area (Å²) in [5.41, 5.74) is 1.17. The van der Waals surface area contributed by atoms with Gasteiger partial charge in [0, 0.05) is 17.5 Å². The first-order valence-corrected chi connectivity index (χ1v) is 6.94. The summed E-state index contributed by atoms with van der Waals surface area (Å²) < 4.78 is 5.18. The van der Waals surface area contributed by atoms with Gasteiger partial charge in [-0.05, 0) is 29.5 Å². The van der Waals surface area contributed by atoms with Crippen molar-refractivity contribution < 1.29 is 4.42 Å². The maximum Gasteiger partial charge on any atom is 0.260 e. The van der Waals surface area contributed by atoms with E-state index in [-0.39, 0.29) is 0 Å². The molecular formula is C13H15ClN2OS. The first kappa shape index (κ1) is 13.5. The number of aromatic nitrogens is 1. The van der Waals surface area contributed by atoms with Gasteiger partial charge in [-0.1, -0.05) is 31.5 Å². The lowest BCUT2D eigenvalue weighted by molar-refractivity contribution is 0.454. The van der Waals surface area contributed by atoms with Gasteiger partial charge in [-0.2, -0.15) is 0 Å². The van der Waals surface area contributed by atoms with Crippen molar-refractivity contribution in [2.75, 3.05) is 0 Å². The summed E-state index contributed by atoms with van der Waals surface area (Å²) in [6.07, 6.45) is 3.17. The number of nitrogens with zero attached hydrogens (tertiary/aromatic N) is 1. The summed E-state index contributed by atoms with van der Waals surface area (Å²) in [6, 6.07) is 6.49. The average Bonchev–Trinajstić information content (AvgIpc) is 2.82. The molecule has 0 saturated heterocycles. The Morgan fingerprint density at radius 1 is 1.44 bits per heavy atom. The molecule has 0 bridgehead atoms. The van der Waals surface area contributed by atoms with Crippen LogP contribution in [0.2, 0.25) is 5.02 Å². The quantitative estimate of drug-likeness (QED) is 0.900. The molecule has 1 N–H and O–H groups in total. The van der Waals surface area contributed by atoms with Crippen LogP contribution in [-0.2, 0) is 6.54 Å². The van der Waals surface area contributed by atoms with E-state index in [1.807, 2.05) is 12.1 Å². The normalized spacial score (nSPS) is 11.1. The van der Waals surface area contributed by atoms with Crippen LogP contribution >= 0.6 is 23.4 Å². The van der Waals surface area contributed by atoms with Gasteiger partial charge in [0.05, 0.1) is 11.2 Å². The van der Waals surface area contributed by atoms with Crippen LogP contribution in [0.15, 0.2) is 45.2 Å². The summed E-state index contributed by atoms with van der Waals surface area (Å²) in [5, 5.41) is 4.68. The second kappa shape index (κ2) is 6.27. The molecule has 2 aromatic rings. The molecule has 1 aromatic carbocycles. The molecule has 0 aliphatic rings. The highest BCUT2D eigenvalue weighted by Crippen LogP contribution is 2.32. The van der Waals surface area contributed by atoms with Crippen molar-refractivity contribution in [3.63, 3.8) is 0 Å². The van der Waals surface area contributed by atoms with E-state index in [1.54, 1.807) is 12.5 Å². The smallest absolute Gasteiger partial charge is 0.260 e. The van der Waals surface area contributed by atoms with Crippen LogP contribution in [0.5, 0.6) is 0 Å². The van der Waals surface area contributed by atoms with Gasteiger partial charge in [0.15, 0.2) is 0 Å². The summed E-state index contributed by atoms with van der Waals surface area (Å²) in [6.45, 7) is 5.06. The SMILES string of the molecule is CC(C)NCc1ccc(Sc2ncco2)c(Cl)c1. The fourth-order valence-corrected chi connectivity index (χ4v) is 2.43. The molecule has 0 unspecified atom stereocenters. The summed E-state index contributed by atoms with van der Waals surface area (Å²) in [4.78, 5) is 5.01. The predicted molar refractivity (Wildman–Crippen MR) is 74.1 cm³/mol. The zero-order chi connectivity index (χ0) is 13.0. The minimum atomic E-state index is 0.463. The molecule has 5 heteroatoms. The number of hydrogen-bond donors (Lipinski definition) is 1. The number of rotatable bonds is 5. The van der Waals surface area contributed by atoms with Crippen molar-refractivity contribution in [1.82, 2.24) is 10.3 Å². The molecule has 2 rings (SSSR count). The van der Waals surface area contributed by atoms with Gasteiger partial charge in [0.1, 0.15) is 6.26 Å². The number of oxazole rings is 1. The van der Waals surface area contributed by atoms with E-state index >= 15 is 0 Å². The molecule has 0 aliphatic heterocycles. The Kier molecular flexibility index (Phi) is 4.69. The zero-order valence-corrected chi connectivity index (χ0v) is 11.9. The molecule has 96 valence electrons. The standard InChI is InChI=1S/C13H15ClN2OS/c1-9(2)16-8-10-3-4-12(11(14)7-10)18-13-15-5-6-17-13/h3-7,9,16H,8H2,1-2H3. The number of hydrogen-bond acceptors (Lipinski definition) is 4. The van der Waals surface area contributed by atoms with Crippen LogP contribution in [0, 0.1) is 0 Å². The third-order valence-corrected chi connectivity index (χ3v) is 3.69. The van der Waals surface area contributed by atoms with Gasteiger partial charge in [0.25, 0.3) is 5.22 Å². The van der Waals surface area contributed by atoms with Crippen molar-refractivity contribution in [1.29, 1.82) is 0 Å². The van der Waals surface area contributed by atoms with Gasteiger partial charge >= 0.3 is 0 Å². The van der Waals surface area contributed by atoms with Crippen molar-refractivity contribution in [3.8, 4) is 0 Å².